The molecular formula is C24H16F3NOS. The molecule has 2 nitrogen and oxygen atoms in total. The van der Waals surface area contributed by atoms with Crippen LogP contribution in [0.5, 0.6) is 0 Å². The first-order valence-corrected chi connectivity index (χ1v) is 9.96. The summed E-state index contributed by atoms with van der Waals surface area (Å²) in [6.07, 6.45) is 1.38. The Hall–Kier alpha value is -3.25. The van der Waals surface area contributed by atoms with E-state index in [1.54, 1.807) is 54.6 Å². The maximum Gasteiger partial charge on any atom is 0.252 e. The van der Waals surface area contributed by atoms with Crippen molar-refractivity contribution in [1.29, 1.82) is 0 Å². The molecule has 30 heavy (non-hydrogen) atoms. The summed E-state index contributed by atoms with van der Waals surface area (Å²) in [5.74, 6) is -1.22. The van der Waals surface area contributed by atoms with Crippen molar-refractivity contribution in [2.45, 2.75) is 9.77 Å². The van der Waals surface area contributed by atoms with Gasteiger partial charge in [-0.3, -0.25) is 0 Å². The van der Waals surface area contributed by atoms with Crippen LogP contribution >= 0.6 is 11.8 Å². The first kappa shape index (κ1) is 20.0. The molecule has 0 amide bonds. The van der Waals surface area contributed by atoms with Gasteiger partial charge >= 0.3 is 0 Å². The SMILES string of the molecule is [O-][n+]1ccccc1SC(c1ccc(F)cc1)(c1ccc(F)cc1)c1ccc(F)cc1. The monoisotopic (exact) mass is 423 g/mol. The van der Waals surface area contributed by atoms with Gasteiger partial charge in [0.05, 0.1) is 0 Å². The summed E-state index contributed by atoms with van der Waals surface area (Å²) in [5.41, 5.74) is 1.99. The standard InChI is InChI=1S/C24H16F3NOS/c25-20-10-4-17(5-11-20)24(18-6-12-21(26)13-7-18,19-8-14-22(27)15-9-19)30-23-3-1-2-16-28(23)29/h1-16H. The molecule has 0 radical (unpaired) electrons. The van der Waals surface area contributed by atoms with Crippen molar-refractivity contribution in [3.63, 3.8) is 0 Å². The van der Waals surface area contributed by atoms with Crippen LogP contribution in [0, 0.1) is 22.7 Å². The highest BCUT2D eigenvalue weighted by molar-refractivity contribution is 8.00. The fraction of sp³-hybridized carbons (Fsp3) is 0.0417. The summed E-state index contributed by atoms with van der Waals surface area (Å²) in [4.78, 5) is 0. The highest BCUT2D eigenvalue weighted by Crippen LogP contribution is 2.50. The summed E-state index contributed by atoms with van der Waals surface area (Å²) in [6, 6.07) is 22.7. The first-order valence-electron chi connectivity index (χ1n) is 9.14. The lowest BCUT2D eigenvalue weighted by atomic mass is 9.84. The molecule has 0 unspecified atom stereocenters. The molecule has 4 rings (SSSR count). The van der Waals surface area contributed by atoms with Crippen molar-refractivity contribution in [3.8, 4) is 0 Å². The van der Waals surface area contributed by atoms with E-state index in [0.717, 1.165) is 4.73 Å². The van der Waals surface area contributed by atoms with Crippen LogP contribution in [0.4, 0.5) is 13.2 Å². The Bertz CT molecular complexity index is 1040. The zero-order chi connectivity index (χ0) is 21.1. The minimum absolute atomic E-state index is 0.385. The molecule has 150 valence electrons. The molecule has 0 N–H and O–H groups in total. The second-order valence-electron chi connectivity index (χ2n) is 6.67. The van der Waals surface area contributed by atoms with Gasteiger partial charge in [-0.05, 0) is 70.9 Å². The Morgan fingerprint density at radius 3 is 1.37 bits per heavy atom. The summed E-state index contributed by atoms with van der Waals surface area (Å²) >= 11 is 1.22. The van der Waals surface area contributed by atoms with Crippen LogP contribution in [0.3, 0.4) is 0 Å². The second kappa shape index (κ2) is 8.24. The number of thioether (sulfide) groups is 1. The van der Waals surface area contributed by atoms with Crippen molar-refractivity contribution >= 4 is 11.8 Å². The third-order valence-corrected chi connectivity index (χ3v) is 6.34. The molecule has 0 saturated carbocycles. The Kier molecular flexibility index (Phi) is 5.50. The number of pyridine rings is 1. The highest BCUT2D eigenvalue weighted by atomic mass is 32.2. The van der Waals surface area contributed by atoms with Crippen LogP contribution in [0.2, 0.25) is 0 Å². The average Bonchev–Trinajstić information content (AvgIpc) is 2.75. The molecule has 6 heteroatoms. The van der Waals surface area contributed by atoms with E-state index in [9.17, 15) is 18.4 Å². The normalized spacial score (nSPS) is 11.4. The van der Waals surface area contributed by atoms with Gasteiger partial charge < -0.3 is 5.21 Å². The highest BCUT2D eigenvalue weighted by Gasteiger charge is 2.40. The molecule has 0 spiro atoms. The minimum Gasteiger partial charge on any atom is -0.618 e. The van der Waals surface area contributed by atoms with E-state index >= 15 is 0 Å². The number of halogens is 3. The number of nitrogens with zero attached hydrogens (tertiary/aromatic N) is 1. The summed E-state index contributed by atoms with van der Waals surface area (Å²) in [5, 5.41) is 12.9. The van der Waals surface area contributed by atoms with E-state index in [4.69, 9.17) is 0 Å². The predicted molar refractivity (Wildman–Crippen MR) is 110 cm³/mol. The Morgan fingerprint density at radius 1 is 0.600 bits per heavy atom. The van der Waals surface area contributed by atoms with Gasteiger partial charge in [0, 0.05) is 12.1 Å². The molecule has 0 aliphatic rings. The molecule has 0 aliphatic carbocycles. The van der Waals surface area contributed by atoms with Gasteiger partial charge in [-0.15, -0.1) is 0 Å². The molecule has 1 heterocycles. The summed E-state index contributed by atoms with van der Waals surface area (Å²) in [7, 11) is 0. The smallest absolute Gasteiger partial charge is 0.252 e. The molecule has 1 aromatic heterocycles. The topological polar surface area (TPSA) is 26.9 Å². The van der Waals surface area contributed by atoms with E-state index in [-0.39, 0.29) is 0 Å². The van der Waals surface area contributed by atoms with Crippen molar-refractivity contribution in [3.05, 3.63) is 137 Å². The van der Waals surface area contributed by atoms with Gasteiger partial charge in [-0.25, -0.2) is 13.2 Å². The summed E-state index contributed by atoms with van der Waals surface area (Å²) in [6.45, 7) is 0. The van der Waals surface area contributed by atoms with Gasteiger partial charge in [0.1, 0.15) is 22.2 Å². The van der Waals surface area contributed by atoms with Crippen molar-refractivity contribution in [2.75, 3.05) is 0 Å². The van der Waals surface area contributed by atoms with Crippen LogP contribution < -0.4 is 4.73 Å². The van der Waals surface area contributed by atoms with E-state index in [2.05, 4.69) is 0 Å². The van der Waals surface area contributed by atoms with Gasteiger partial charge in [-0.2, -0.15) is 4.73 Å². The lowest BCUT2D eigenvalue weighted by Gasteiger charge is -2.34. The first-order chi connectivity index (χ1) is 14.5. The number of benzene rings is 3. The zero-order valence-corrected chi connectivity index (χ0v) is 16.5. The number of aromatic nitrogens is 1. The lowest BCUT2D eigenvalue weighted by Crippen LogP contribution is -2.33. The Labute approximate surface area is 176 Å². The van der Waals surface area contributed by atoms with Gasteiger partial charge in [0.2, 0.25) is 0 Å². The van der Waals surface area contributed by atoms with Crippen molar-refractivity contribution in [1.82, 2.24) is 0 Å². The summed E-state index contributed by atoms with van der Waals surface area (Å²) < 4.78 is 40.8. The Balaban J connectivity index is 2.03. The van der Waals surface area contributed by atoms with Crippen molar-refractivity contribution < 1.29 is 17.9 Å². The average molecular weight is 423 g/mol. The number of hydrogen-bond acceptors (Lipinski definition) is 2. The van der Waals surface area contributed by atoms with Crippen LogP contribution in [0.15, 0.2) is 102 Å². The molecule has 0 aliphatic heterocycles. The maximum atomic E-state index is 13.7. The van der Waals surface area contributed by atoms with Gasteiger partial charge in [0.25, 0.3) is 5.03 Å². The van der Waals surface area contributed by atoms with Gasteiger partial charge in [0.15, 0.2) is 6.20 Å². The lowest BCUT2D eigenvalue weighted by molar-refractivity contribution is -0.645. The molecular weight excluding hydrogens is 407 g/mol. The van der Waals surface area contributed by atoms with Gasteiger partial charge in [-0.1, -0.05) is 36.4 Å². The van der Waals surface area contributed by atoms with E-state index < -0.39 is 22.2 Å². The third-order valence-electron chi connectivity index (χ3n) is 4.80. The predicted octanol–water partition coefficient (Wildman–Crippen LogP) is 5.82. The van der Waals surface area contributed by atoms with E-state index in [1.165, 1.54) is 54.4 Å². The number of rotatable bonds is 5. The quantitative estimate of drug-likeness (QED) is 0.175. The van der Waals surface area contributed by atoms with Crippen LogP contribution in [0.25, 0.3) is 0 Å². The molecule has 4 aromatic rings. The molecule has 0 bridgehead atoms. The fourth-order valence-corrected chi connectivity index (χ4v) is 4.75. The van der Waals surface area contributed by atoms with E-state index in [0.29, 0.717) is 21.7 Å². The third kappa shape index (κ3) is 3.78. The van der Waals surface area contributed by atoms with Crippen LogP contribution in [0.1, 0.15) is 16.7 Å². The molecule has 0 saturated heterocycles. The van der Waals surface area contributed by atoms with Crippen molar-refractivity contribution in [2.24, 2.45) is 0 Å². The Morgan fingerprint density at radius 2 is 1.00 bits per heavy atom. The number of hydrogen-bond donors (Lipinski definition) is 0. The minimum atomic E-state index is -1.05. The fourth-order valence-electron chi connectivity index (χ4n) is 3.38. The second-order valence-corrected chi connectivity index (χ2v) is 7.90. The molecule has 0 fully saturated rings. The maximum absolute atomic E-state index is 13.7. The van der Waals surface area contributed by atoms with Crippen LogP contribution in [-0.2, 0) is 4.75 Å². The zero-order valence-electron chi connectivity index (χ0n) is 15.6. The largest absolute Gasteiger partial charge is 0.618 e. The molecule has 0 atom stereocenters. The van der Waals surface area contributed by atoms with Crippen LogP contribution in [-0.4, -0.2) is 0 Å². The molecule has 3 aromatic carbocycles. The van der Waals surface area contributed by atoms with E-state index in [1.807, 2.05) is 0 Å².